The van der Waals surface area contributed by atoms with Gasteiger partial charge in [-0.2, -0.15) is 0 Å². The molecule has 190 valence electrons. The van der Waals surface area contributed by atoms with Crippen molar-refractivity contribution in [2.24, 2.45) is 5.92 Å². The van der Waals surface area contributed by atoms with Gasteiger partial charge in [0.25, 0.3) is 0 Å². The fourth-order valence-electron chi connectivity index (χ4n) is 3.53. The van der Waals surface area contributed by atoms with Crippen LogP contribution in [0.25, 0.3) is 0 Å². The van der Waals surface area contributed by atoms with Gasteiger partial charge in [-0.1, -0.05) is 31.5 Å². The van der Waals surface area contributed by atoms with Crippen LogP contribution >= 0.6 is 0 Å². The molecule has 1 fully saturated rings. The molecule has 0 unspecified atom stereocenters. The van der Waals surface area contributed by atoms with Crippen molar-refractivity contribution >= 4 is 17.9 Å². The van der Waals surface area contributed by atoms with Crippen molar-refractivity contribution in [3.05, 3.63) is 35.9 Å². The highest BCUT2D eigenvalue weighted by Crippen LogP contribution is 2.22. The minimum absolute atomic E-state index is 0.0287. The van der Waals surface area contributed by atoms with Gasteiger partial charge in [0.2, 0.25) is 0 Å². The van der Waals surface area contributed by atoms with Crippen LogP contribution in [0.2, 0.25) is 0 Å². The SMILES string of the molecule is CCCCO[C@H]1CCOC[C@H](CC(=O)OC(C)(C)C)C(=O)O[C@@H](C)[C@@H]1OC(=O)c1ccccc1. The van der Waals surface area contributed by atoms with Crippen LogP contribution in [-0.2, 0) is 33.3 Å². The van der Waals surface area contributed by atoms with E-state index in [2.05, 4.69) is 6.92 Å². The zero-order valence-corrected chi connectivity index (χ0v) is 20.9. The van der Waals surface area contributed by atoms with Gasteiger partial charge in [-0.15, -0.1) is 0 Å². The largest absolute Gasteiger partial charge is 0.460 e. The highest BCUT2D eigenvalue weighted by molar-refractivity contribution is 5.89. The van der Waals surface area contributed by atoms with Crippen LogP contribution in [0.4, 0.5) is 0 Å². The summed E-state index contributed by atoms with van der Waals surface area (Å²) >= 11 is 0. The number of esters is 3. The summed E-state index contributed by atoms with van der Waals surface area (Å²) in [5.74, 6) is -2.45. The highest BCUT2D eigenvalue weighted by atomic mass is 16.6. The second-order valence-corrected chi connectivity index (χ2v) is 9.49. The average Bonchev–Trinajstić information content (AvgIpc) is 2.77. The minimum atomic E-state index is -0.836. The first kappa shape index (κ1) is 27.8. The summed E-state index contributed by atoms with van der Waals surface area (Å²) in [6.07, 6.45) is -0.0457. The van der Waals surface area contributed by atoms with Gasteiger partial charge in [-0.3, -0.25) is 9.59 Å². The molecule has 8 heteroatoms. The Morgan fingerprint density at radius 2 is 1.85 bits per heavy atom. The van der Waals surface area contributed by atoms with E-state index in [-0.39, 0.29) is 19.6 Å². The molecule has 1 heterocycles. The van der Waals surface area contributed by atoms with Crippen LogP contribution in [0.1, 0.15) is 70.7 Å². The molecule has 1 aliphatic rings. The van der Waals surface area contributed by atoms with Gasteiger partial charge in [0.15, 0.2) is 6.10 Å². The standard InChI is InChI=1S/C26H38O8/c1-6-7-14-31-21-13-15-30-17-20(16-22(27)34-26(3,4)5)25(29)32-18(2)23(21)33-24(28)19-11-9-8-10-12-19/h8-12,18,20-21,23H,6-7,13-17H2,1-5H3/t18-,20-,21-,23-/m0/s1. The van der Waals surface area contributed by atoms with Crippen LogP contribution < -0.4 is 0 Å². The molecular weight excluding hydrogens is 440 g/mol. The third-order valence-corrected chi connectivity index (χ3v) is 5.25. The van der Waals surface area contributed by atoms with Gasteiger partial charge in [-0.05, 0) is 46.2 Å². The number of cyclic esters (lactones) is 1. The smallest absolute Gasteiger partial charge is 0.338 e. The average molecular weight is 479 g/mol. The van der Waals surface area contributed by atoms with Crippen LogP contribution in [0.3, 0.4) is 0 Å². The Morgan fingerprint density at radius 1 is 1.15 bits per heavy atom. The summed E-state index contributed by atoms with van der Waals surface area (Å²) < 4.78 is 28.6. The summed E-state index contributed by atoms with van der Waals surface area (Å²) in [6.45, 7) is 9.81. The van der Waals surface area contributed by atoms with Crippen molar-refractivity contribution < 1.29 is 38.1 Å². The topological polar surface area (TPSA) is 97.4 Å². The number of benzene rings is 1. The molecule has 0 spiro atoms. The summed E-state index contributed by atoms with van der Waals surface area (Å²) in [7, 11) is 0. The zero-order valence-electron chi connectivity index (χ0n) is 20.9. The summed E-state index contributed by atoms with van der Waals surface area (Å²) in [5, 5.41) is 0. The first-order chi connectivity index (χ1) is 16.1. The summed E-state index contributed by atoms with van der Waals surface area (Å²) in [6, 6.07) is 8.62. The molecule has 0 bridgehead atoms. The molecule has 1 saturated heterocycles. The maximum Gasteiger partial charge on any atom is 0.338 e. The third kappa shape index (κ3) is 9.43. The molecule has 1 aliphatic heterocycles. The normalized spacial score (nSPS) is 24.1. The second kappa shape index (κ2) is 13.4. The van der Waals surface area contributed by atoms with E-state index in [0.29, 0.717) is 18.6 Å². The van der Waals surface area contributed by atoms with Gasteiger partial charge in [0, 0.05) is 19.6 Å². The fourth-order valence-corrected chi connectivity index (χ4v) is 3.53. The Balaban J connectivity index is 2.17. The molecule has 34 heavy (non-hydrogen) atoms. The first-order valence-electron chi connectivity index (χ1n) is 12.0. The molecule has 1 aromatic carbocycles. The van der Waals surface area contributed by atoms with E-state index in [1.807, 2.05) is 6.07 Å². The number of hydrogen-bond acceptors (Lipinski definition) is 8. The Morgan fingerprint density at radius 3 is 2.50 bits per heavy atom. The van der Waals surface area contributed by atoms with Crippen molar-refractivity contribution in [1.82, 2.24) is 0 Å². The molecule has 8 nitrogen and oxygen atoms in total. The molecule has 1 aromatic rings. The summed E-state index contributed by atoms with van der Waals surface area (Å²) in [4.78, 5) is 38.0. The van der Waals surface area contributed by atoms with Crippen molar-refractivity contribution in [3.63, 3.8) is 0 Å². The maximum absolute atomic E-state index is 12.9. The van der Waals surface area contributed by atoms with E-state index in [9.17, 15) is 14.4 Å². The maximum atomic E-state index is 12.9. The molecular formula is C26H38O8. The van der Waals surface area contributed by atoms with E-state index >= 15 is 0 Å². The van der Waals surface area contributed by atoms with E-state index in [4.69, 9.17) is 23.7 Å². The van der Waals surface area contributed by atoms with Crippen LogP contribution in [0, 0.1) is 5.92 Å². The van der Waals surface area contributed by atoms with Gasteiger partial charge in [0.1, 0.15) is 17.8 Å². The lowest BCUT2D eigenvalue weighted by Crippen LogP contribution is -2.46. The quantitative estimate of drug-likeness (QED) is 0.313. The molecule has 0 saturated carbocycles. The number of hydrogen-bond donors (Lipinski definition) is 0. The van der Waals surface area contributed by atoms with Crippen molar-refractivity contribution in [2.75, 3.05) is 19.8 Å². The van der Waals surface area contributed by atoms with E-state index in [0.717, 1.165) is 12.8 Å². The van der Waals surface area contributed by atoms with Crippen molar-refractivity contribution in [1.29, 1.82) is 0 Å². The molecule has 0 radical (unpaired) electrons. The molecule has 0 aliphatic carbocycles. The number of ether oxygens (including phenoxy) is 5. The van der Waals surface area contributed by atoms with Crippen molar-refractivity contribution in [3.8, 4) is 0 Å². The number of carbonyl (C=O) groups excluding carboxylic acids is 3. The van der Waals surface area contributed by atoms with E-state index in [1.165, 1.54) is 0 Å². The fraction of sp³-hybridized carbons (Fsp3) is 0.654. The Labute approximate surface area is 202 Å². The Bertz CT molecular complexity index is 786. The Kier molecular flexibility index (Phi) is 11.0. The number of carbonyl (C=O) groups is 3. The summed E-state index contributed by atoms with van der Waals surface area (Å²) in [5.41, 5.74) is -0.269. The van der Waals surface area contributed by atoms with Crippen molar-refractivity contribution in [2.45, 2.75) is 84.2 Å². The minimum Gasteiger partial charge on any atom is -0.460 e. The van der Waals surface area contributed by atoms with Gasteiger partial charge < -0.3 is 23.7 Å². The van der Waals surface area contributed by atoms with Crippen LogP contribution in [-0.4, -0.2) is 61.6 Å². The molecule has 0 N–H and O–H groups in total. The van der Waals surface area contributed by atoms with Gasteiger partial charge in [-0.25, -0.2) is 4.79 Å². The number of rotatable bonds is 8. The van der Waals surface area contributed by atoms with E-state index in [1.54, 1.807) is 52.0 Å². The number of unbranched alkanes of at least 4 members (excludes halogenated alkanes) is 1. The lowest BCUT2D eigenvalue weighted by atomic mass is 10.0. The molecule has 4 atom stereocenters. The Hall–Kier alpha value is -2.45. The lowest BCUT2D eigenvalue weighted by Gasteiger charge is -2.33. The third-order valence-electron chi connectivity index (χ3n) is 5.25. The zero-order chi connectivity index (χ0) is 25.1. The second-order valence-electron chi connectivity index (χ2n) is 9.49. The first-order valence-corrected chi connectivity index (χ1v) is 12.0. The van der Waals surface area contributed by atoms with Gasteiger partial charge >= 0.3 is 17.9 Å². The molecule has 2 rings (SSSR count). The predicted octanol–water partition coefficient (Wildman–Crippen LogP) is 4.10. The lowest BCUT2D eigenvalue weighted by molar-refractivity contribution is -0.176. The molecule has 0 aromatic heterocycles. The van der Waals surface area contributed by atoms with Crippen LogP contribution in [0.5, 0.6) is 0 Å². The van der Waals surface area contributed by atoms with Crippen LogP contribution in [0.15, 0.2) is 30.3 Å². The monoisotopic (exact) mass is 478 g/mol. The molecule has 0 amide bonds. The highest BCUT2D eigenvalue weighted by Gasteiger charge is 2.37. The van der Waals surface area contributed by atoms with E-state index < -0.39 is 47.7 Å². The van der Waals surface area contributed by atoms with Gasteiger partial charge in [0.05, 0.1) is 24.5 Å². The predicted molar refractivity (Wildman–Crippen MR) is 125 cm³/mol.